The summed E-state index contributed by atoms with van der Waals surface area (Å²) in [6.07, 6.45) is 1.96. The van der Waals surface area contributed by atoms with Crippen LogP contribution >= 0.6 is 27.3 Å². The van der Waals surface area contributed by atoms with Gasteiger partial charge < -0.3 is 0 Å². The molecule has 0 spiro atoms. The van der Waals surface area contributed by atoms with Crippen LogP contribution < -0.4 is 0 Å². The summed E-state index contributed by atoms with van der Waals surface area (Å²) in [5, 5.41) is 4.29. The molecule has 0 saturated carbocycles. The van der Waals surface area contributed by atoms with E-state index in [1.165, 1.54) is 16.9 Å². The molecule has 0 saturated heterocycles. The van der Waals surface area contributed by atoms with Crippen LogP contribution in [0, 0.1) is 0 Å². The molecule has 0 aliphatic carbocycles. The smallest absolute Gasteiger partial charge is 0.213 e. The van der Waals surface area contributed by atoms with Gasteiger partial charge in [-0.25, -0.2) is 9.50 Å². The number of aromatic nitrogens is 3. The van der Waals surface area contributed by atoms with Crippen molar-refractivity contribution >= 4 is 32.2 Å². The van der Waals surface area contributed by atoms with E-state index in [4.69, 9.17) is 0 Å². The summed E-state index contributed by atoms with van der Waals surface area (Å²) in [6.45, 7) is 4.39. The van der Waals surface area contributed by atoms with Crippen molar-refractivity contribution < 1.29 is 0 Å². The predicted octanol–water partition coefficient (Wildman–Crippen LogP) is 4.34. The predicted molar refractivity (Wildman–Crippen MR) is 78.1 cm³/mol. The number of halogens is 1. The molecule has 0 aliphatic rings. The van der Waals surface area contributed by atoms with E-state index < -0.39 is 0 Å². The fourth-order valence-corrected chi connectivity index (χ4v) is 3.07. The first-order valence-electron chi connectivity index (χ1n) is 5.75. The zero-order valence-electron chi connectivity index (χ0n) is 10.1. The quantitative estimate of drug-likeness (QED) is 0.702. The van der Waals surface area contributed by atoms with Crippen molar-refractivity contribution in [1.29, 1.82) is 0 Å². The average Bonchev–Trinajstić information content (AvgIpc) is 2.86. The Morgan fingerprint density at radius 1 is 1.22 bits per heavy atom. The van der Waals surface area contributed by atoms with Crippen molar-refractivity contribution in [1.82, 2.24) is 14.6 Å². The van der Waals surface area contributed by atoms with E-state index in [0.29, 0.717) is 5.92 Å². The molecule has 0 aliphatic heterocycles. The minimum Gasteiger partial charge on any atom is -0.217 e. The van der Waals surface area contributed by atoms with Crippen LogP contribution in [0.15, 0.2) is 34.4 Å². The van der Waals surface area contributed by atoms with E-state index >= 15 is 0 Å². The summed E-state index contributed by atoms with van der Waals surface area (Å²) in [7, 11) is 0. The Bertz CT molecular complexity index is 650. The lowest BCUT2D eigenvalue weighted by atomic mass is 10.0. The molecule has 0 unspecified atom stereocenters. The molecular weight excluding hydrogens is 310 g/mol. The van der Waals surface area contributed by atoms with Crippen LogP contribution in [0.2, 0.25) is 0 Å². The van der Waals surface area contributed by atoms with Gasteiger partial charge in [-0.05, 0) is 27.4 Å². The van der Waals surface area contributed by atoms with Crippen molar-refractivity contribution in [3.8, 4) is 11.3 Å². The molecule has 3 aromatic rings. The van der Waals surface area contributed by atoms with Crippen molar-refractivity contribution in [2.75, 3.05) is 0 Å². The highest BCUT2D eigenvalue weighted by molar-refractivity contribution is 9.11. The van der Waals surface area contributed by atoms with Crippen molar-refractivity contribution in [3.63, 3.8) is 0 Å². The van der Waals surface area contributed by atoms with Gasteiger partial charge in [-0.3, -0.25) is 0 Å². The maximum absolute atomic E-state index is 4.57. The summed E-state index contributed by atoms with van der Waals surface area (Å²) in [6, 6.07) is 8.57. The first-order chi connectivity index (χ1) is 8.63. The van der Waals surface area contributed by atoms with Crippen LogP contribution in [-0.4, -0.2) is 14.6 Å². The van der Waals surface area contributed by atoms with Crippen LogP contribution in [0.4, 0.5) is 0 Å². The number of hydrogen-bond acceptors (Lipinski definition) is 3. The Labute approximate surface area is 118 Å². The molecule has 3 rings (SSSR count). The molecule has 0 fully saturated rings. The van der Waals surface area contributed by atoms with E-state index in [0.717, 1.165) is 20.1 Å². The fraction of sp³-hybridized carbons (Fsp3) is 0.231. The van der Waals surface area contributed by atoms with E-state index in [1.807, 2.05) is 6.20 Å². The van der Waals surface area contributed by atoms with Crippen LogP contribution in [0.25, 0.3) is 16.2 Å². The van der Waals surface area contributed by atoms with Crippen molar-refractivity contribution in [2.45, 2.75) is 19.8 Å². The largest absolute Gasteiger partial charge is 0.217 e. The van der Waals surface area contributed by atoms with Gasteiger partial charge in [-0.15, -0.1) is 5.10 Å². The summed E-state index contributed by atoms with van der Waals surface area (Å²) >= 11 is 4.89. The monoisotopic (exact) mass is 321 g/mol. The van der Waals surface area contributed by atoms with Gasteiger partial charge in [0.1, 0.15) is 0 Å². The van der Waals surface area contributed by atoms with Crippen molar-refractivity contribution in [3.05, 3.63) is 39.9 Å². The first kappa shape index (κ1) is 11.9. The maximum Gasteiger partial charge on any atom is 0.213 e. The Balaban J connectivity index is 2.00. The van der Waals surface area contributed by atoms with E-state index in [2.05, 4.69) is 64.1 Å². The van der Waals surface area contributed by atoms with Gasteiger partial charge in [0, 0.05) is 5.56 Å². The topological polar surface area (TPSA) is 30.2 Å². The molecule has 1 aromatic carbocycles. The minimum absolute atomic E-state index is 0.558. The number of benzene rings is 1. The second-order valence-corrected chi connectivity index (χ2v) is 6.72. The Kier molecular flexibility index (Phi) is 2.95. The van der Waals surface area contributed by atoms with E-state index in [-0.39, 0.29) is 0 Å². The standard InChI is InChI=1S/C13H12BrN3S/c1-8(2)9-3-5-10(6-4-9)11-7-17-13(15-11)18-12(14)16-17/h3-8H,1-2H3. The van der Waals surface area contributed by atoms with Crippen LogP contribution in [-0.2, 0) is 0 Å². The summed E-state index contributed by atoms with van der Waals surface area (Å²) in [5.41, 5.74) is 3.45. The fourth-order valence-electron chi connectivity index (χ4n) is 1.85. The number of nitrogens with zero attached hydrogens (tertiary/aromatic N) is 3. The molecule has 0 atom stereocenters. The number of hydrogen-bond donors (Lipinski definition) is 0. The zero-order chi connectivity index (χ0) is 12.7. The first-order valence-corrected chi connectivity index (χ1v) is 7.36. The third kappa shape index (κ3) is 2.08. The molecule has 92 valence electrons. The van der Waals surface area contributed by atoms with Gasteiger partial charge in [-0.1, -0.05) is 49.4 Å². The van der Waals surface area contributed by atoms with Gasteiger partial charge >= 0.3 is 0 Å². The highest BCUT2D eigenvalue weighted by Gasteiger charge is 2.08. The molecular formula is C13H12BrN3S. The molecule has 2 heterocycles. The van der Waals surface area contributed by atoms with Gasteiger partial charge in [0.2, 0.25) is 4.96 Å². The highest BCUT2D eigenvalue weighted by Crippen LogP contribution is 2.25. The molecule has 3 nitrogen and oxygen atoms in total. The molecule has 0 amide bonds. The van der Waals surface area contributed by atoms with Crippen LogP contribution in [0.3, 0.4) is 0 Å². The SMILES string of the molecule is CC(C)c1ccc(-c2cn3nc(Br)sc3n2)cc1. The van der Waals surface area contributed by atoms with E-state index in [1.54, 1.807) is 4.52 Å². The highest BCUT2D eigenvalue weighted by atomic mass is 79.9. The van der Waals surface area contributed by atoms with Gasteiger partial charge in [0.05, 0.1) is 11.9 Å². The Morgan fingerprint density at radius 3 is 2.56 bits per heavy atom. The number of fused-ring (bicyclic) bond motifs is 1. The molecule has 0 bridgehead atoms. The van der Waals surface area contributed by atoms with Gasteiger partial charge in [-0.2, -0.15) is 0 Å². The molecule has 2 aromatic heterocycles. The average molecular weight is 322 g/mol. The second-order valence-electron chi connectivity index (χ2n) is 4.49. The summed E-state index contributed by atoms with van der Waals surface area (Å²) < 4.78 is 2.66. The number of rotatable bonds is 2. The van der Waals surface area contributed by atoms with E-state index in [9.17, 15) is 0 Å². The van der Waals surface area contributed by atoms with Gasteiger partial charge in [0.15, 0.2) is 3.92 Å². The third-order valence-electron chi connectivity index (χ3n) is 2.89. The molecule has 18 heavy (non-hydrogen) atoms. The molecule has 5 heteroatoms. The lowest BCUT2D eigenvalue weighted by molar-refractivity contribution is 0.867. The number of imidazole rings is 1. The summed E-state index contributed by atoms with van der Waals surface area (Å²) in [4.78, 5) is 5.47. The molecule has 0 N–H and O–H groups in total. The maximum atomic E-state index is 4.57. The second kappa shape index (κ2) is 4.48. The van der Waals surface area contributed by atoms with Crippen LogP contribution in [0.1, 0.15) is 25.3 Å². The Morgan fingerprint density at radius 2 is 1.94 bits per heavy atom. The normalized spacial score (nSPS) is 11.6. The van der Waals surface area contributed by atoms with Crippen LogP contribution in [0.5, 0.6) is 0 Å². The van der Waals surface area contributed by atoms with Gasteiger partial charge in [0.25, 0.3) is 0 Å². The zero-order valence-corrected chi connectivity index (χ0v) is 12.5. The Hall–Kier alpha value is -1.20. The molecule has 0 radical (unpaired) electrons. The minimum atomic E-state index is 0.558. The lowest BCUT2D eigenvalue weighted by Crippen LogP contribution is -1.86. The lowest BCUT2D eigenvalue weighted by Gasteiger charge is -2.05. The third-order valence-corrected chi connectivity index (χ3v) is 4.25. The summed E-state index contributed by atoms with van der Waals surface area (Å²) in [5.74, 6) is 0.558. The van der Waals surface area contributed by atoms with Crippen molar-refractivity contribution in [2.24, 2.45) is 0 Å².